The fourth-order valence-electron chi connectivity index (χ4n) is 9.80. The normalized spacial score (nSPS) is 10.2. The van der Waals surface area contributed by atoms with Crippen LogP contribution in [0.1, 0.15) is 123 Å². The number of ether oxygens (including phenoxy) is 4. The minimum absolute atomic E-state index is 0. The number of aliphatic hydroxyl groups is 1. The molecule has 0 bridgehead atoms. The Balaban J connectivity index is -0.000000317. The zero-order valence-corrected chi connectivity index (χ0v) is 92.6. The smallest absolute Gasteiger partial charge is 1.00 e. The molecule has 0 radical (unpaired) electrons. The quantitative estimate of drug-likeness (QED) is 0.00800. The van der Waals surface area contributed by atoms with Crippen molar-refractivity contribution in [3.8, 4) is 11.5 Å². The van der Waals surface area contributed by atoms with E-state index in [0.717, 1.165) is 108 Å². The number of carbonyl (C=O) groups excluding carboxylic acids is 5. The number of hydrogen-bond acceptors (Lipinski definition) is 22. The third-order valence-corrected chi connectivity index (χ3v) is 22.4. The van der Waals surface area contributed by atoms with Crippen LogP contribution in [-0.2, 0) is 97.6 Å². The third-order valence-electron chi connectivity index (χ3n) is 15.9. The summed E-state index contributed by atoms with van der Waals surface area (Å²) in [6, 6.07) is 48.0. The molecule has 0 aliphatic rings. The molecule has 0 saturated carbocycles. The summed E-state index contributed by atoms with van der Waals surface area (Å²) in [7, 11) is -2.90. The number of aliphatic hydroxyl groups excluding tert-OH is 1. The molecule has 0 amide bonds. The second kappa shape index (κ2) is 76.1. The van der Waals surface area contributed by atoms with Gasteiger partial charge < -0.3 is 65.3 Å². The average Bonchev–Trinajstić information content (AvgIpc) is 1.71. The van der Waals surface area contributed by atoms with Crippen molar-refractivity contribution in [3.05, 3.63) is 266 Å². The molecule has 2 unspecified atom stereocenters. The van der Waals surface area contributed by atoms with E-state index in [4.69, 9.17) is 58.7 Å². The molecule has 36 heteroatoms. The van der Waals surface area contributed by atoms with Gasteiger partial charge in [-0.05, 0) is 248 Å². The molecule has 10 rings (SSSR count). The van der Waals surface area contributed by atoms with Crippen LogP contribution in [0.4, 0.5) is 0 Å². The maximum atomic E-state index is 11.8. The number of carbonyl (C=O) groups is 5. The maximum Gasteiger partial charge on any atom is 1.00 e. The van der Waals surface area contributed by atoms with Crippen molar-refractivity contribution in [1.82, 2.24) is 0 Å². The van der Waals surface area contributed by atoms with Crippen molar-refractivity contribution in [2.75, 3.05) is 56.5 Å². The SMILES string of the molecule is BrB(Br)Br.BrCc1cc(Br)c2occc2c1.CCO.CCOC(=O)Cc1cccc(C)c1C.CCOC(=O)Cc1cccc(C)c1O.CCOC(=O)Cc1cccc(C)c1OCc1cc(Br)c2occc2c1.CS/C(=C\c1cccc(C)c1C)S(C)=O.CSCS(C)=O.Cc1cccc(C=O)c1C.Cl.Cl.NCc1cccc(B(O)O)c1.O=CO[O-].[H-].[K+].[K+]. The molecule has 0 aliphatic carbocycles. The summed E-state index contributed by atoms with van der Waals surface area (Å²) in [6.07, 6.45) is 14.3. The summed E-state index contributed by atoms with van der Waals surface area (Å²) in [5, 5.41) is 46.9. The topological polar surface area (TPSA) is 322 Å². The Morgan fingerprint density at radius 1 is 0.582 bits per heavy atom. The average molecular weight is 2240 g/mol. The number of furan rings is 2. The number of hydrogen-bond donors (Lipinski definition) is 5. The van der Waals surface area contributed by atoms with Gasteiger partial charge in [0.1, 0.15) is 35.6 Å². The van der Waals surface area contributed by atoms with Crippen LogP contribution in [0.3, 0.4) is 0 Å². The van der Waals surface area contributed by atoms with Crippen molar-refractivity contribution in [2.24, 2.45) is 5.73 Å². The van der Waals surface area contributed by atoms with E-state index >= 15 is 0 Å². The summed E-state index contributed by atoms with van der Waals surface area (Å²) in [5.74, 6) is 0.203. The van der Waals surface area contributed by atoms with Crippen LogP contribution in [0.5, 0.6) is 11.5 Å². The Labute approximate surface area is 882 Å². The fourth-order valence-corrected chi connectivity index (χ4v) is 14.2. The molecule has 0 fully saturated rings. The van der Waals surface area contributed by atoms with Crippen LogP contribution < -0.4 is 124 Å². The molecule has 2 atom stereocenters. The number of esters is 3. The number of phenolic OH excluding ortho intramolecular Hbond substituents is 1. The van der Waals surface area contributed by atoms with E-state index in [0.29, 0.717) is 50.4 Å². The van der Waals surface area contributed by atoms with E-state index in [-0.39, 0.29) is 182 Å². The van der Waals surface area contributed by atoms with Gasteiger partial charge in [-0.25, -0.2) is 0 Å². The number of aryl methyl sites for hydroxylation is 5. The monoisotopic (exact) mass is 2230 g/mol. The van der Waals surface area contributed by atoms with E-state index in [1.54, 1.807) is 107 Å². The first-order valence-corrected chi connectivity index (χ1v) is 47.7. The van der Waals surface area contributed by atoms with Gasteiger partial charge in [0.05, 0.1) is 80.7 Å². The Kier molecular flexibility index (Phi) is 79.8. The molecule has 122 heavy (non-hydrogen) atoms. The number of phenols is 1. The maximum absolute atomic E-state index is 11.8. The fraction of sp³-hybridized carbons (Fsp3) is 0.314. The van der Waals surface area contributed by atoms with Crippen LogP contribution in [0.15, 0.2) is 186 Å². The summed E-state index contributed by atoms with van der Waals surface area (Å²) in [4.78, 5) is 55.8. The zero-order chi connectivity index (χ0) is 89.4. The van der Waals surface area contributed by atoms with Gasteiger partial charge in [-0.1, -0.05) is 131 Å². The molecule has 660 valence electrons. The zero-order valence-electron chi connectivity index (χ0n) is 73.0. The molecule has 20 nitrogen and oxygen atoms in total. The molecular weight excluding hydrogens is 2130 g/mol. The number of aromatic hydroxyl groups is 1. The predicted molar refractivity (Wildman–Crippen MR) is 523 cm³/mol. The van der Waals surface area contributed by atoms with Gasteiger partial charge in [0.15, 0.2) is 0 Å². The standard InChI is InChI=1S/C20H19BrO4.C12H16O2.C12H16OS2.C11H14O3.C9H6Br2O.C9H10O.C7H10BNO2.C3H8OS2.C2H6O.CH2O3.BBr3.2ClH.2K.H/c1-3-23-18(22)11-15-6-4-5-13(2)19(15)25-12-14-9-16-7-8-24-20(16)17(21)10-14;1-4-14-12(13)8-11-7-5-6-9(2)10(11)3;1-9-6-5-7-11(10(9)2)8-12(14-3)15(4)13;1-3-14-10(12)7-9-6-4-5-8(2)11(9)13;10-5-6-3-7-1-2-12-9(7)8(11)4-6;1-7-4-3-5-9(6-10)8(7)2;9-5-6-2-1-3-7(4-6)8(10)11;1-5-3-6(2)4;1-2-3;2-1-4-3;2-1(3)4;;;;;/h4-10H,3,11-12H2,1-2H3;5-7H,4,8H2,1-3H3;5-8H,1-4H3;4-6,13H,3,7H2,1-2H3;1-4H,5H2;3-6H,1-2H3;1-4,10-11H,5,9H2;3H2,1-2H3;3H,2H2,1H3;1,3H;;2*1H;;;/q;;;;;;;;;;;;;2*+1;-1/p-1/b;;12-8+;;;;;;;;;;;;;. The summed E-state index contributed by atoms with van der Waals surface area (Å²) < 4.78 is 56.1. The Hall–Kier alpha value is -2.61. The molecule has 0 spiro atoms. The number of thioether (sulfide) groups is 2. The molecule has 0 saturated heterocycles. The predicted octanol–water partition coefficient (Wildman–Crippen LogP) is 14.0. The van der Waals surface area contributed by atoms with Gasteiger partial charge >= 0.3 is 131 Å². The number of aldehydes is 1. The first kappa shape index (κ1) is 128. The van der Waals surface area contributed by atoms with Crippen molar-refractivity contribution in [2.45, 2.75) is 121 Å². The van der Waals surface area contributed by atoms with Crippen LogP contribution in [0, 0.1) is 55.4 Å². The number of fused-ring (bicyclic) bond motifs is 2. The van der Waals surface area contributed by atoms with E-state index in [9.17, 15) is 32.7 Å². The molecule has 6 N–H and O–H groups in total. The summed E-state index contributed by atoms with van der Waals surface area (Å²) in [6.45, 7) is 25.1. The summed E-state index contributed by atoms with van der Waals surface area (Å²) in [5.41, 5.74) is 24.1. The van der Waals surface area contributed by atoms with Gasteiger partial charge in [0.25, 0.3) is 6.47 Å². The van der Waals surface area contributed by atoms with Crippen molar-refractivity contribution < 1.29 is 195 Å². The second-order valence-electron chi connectivity index (χ2n) is 24.6. The van der Waals surface area contributed by atoms with Crippen molar-refractivity contribution in [3.63, 3.8) is 0 Å². The second-order valence-corrected chi connectivity index (χ2v) is 38.4. The number of rotatable bonds is 22. The number of halogens is 8. The Bertz CT molecular complexity index is 4690. The van der Waals surface area contributed by atoms with E-state index in [1.807, 2.05) is 157 Å². The molecule has 0 aliphatic heterocycles. The number of alkyl halides is 1. The molecule has 8 aromatic carbocycles. The van der Waals surface area contributed by atoms with Crippen LogP contribution in [0.25, 0.3) is 28.0 Å². The van der Waals surface area contributed by atoms with Gasteiger partial charge in [0, 0.05) is 69.3 Å². The Morgan fingerprint density at radius 2 is 0.984 bits per heavy atom. The van der Waals surface area contributed by atoms with Gasteiger partial charge in [-0.2, -0.15) is 11.8 Å². The molecular formula is C86H109B2Br6Cl2K2NO19S4. The van der Waals surface area contributed by atoms with Gasteiger partial charge in [0.2, 0.25) is 0 Å². The van der Waals surface area contributed by atoms with E-state index in [1.165, 1.54) is 33.4 Å². The van der Waals surface area contributed by atoms with E-state index < -0.39 is 28.7 Å². The first-order valence-electron chi connectivity index (χ1n) is 36.3. The van der Waals surface area contributed by atoms with Crippen LogP contribution >= 0.6 is 143 Å². The molecule has 2 heterocycles. The number of para-hydroxylation sites is 2. The molecule has 10 aromatic rings. The van der Waals surface area contributed by atoms with Crippen molar-refractivity contribution >= 4 is 239 Å². The minimum Gasteiger partial charge on any atom is -1.00 e. The van der Waals surface area contributed by atoms with Crippen molar-refractivity contribution in [1.29, 1.82) is 0 Å². The molecule has 2 aromatic heterocycles. The van der Waals surface area contributed by atoms with Crippen LogP contribution in [-0.4, -0.2) is 126 Å². The Morgan fingerprint density at radius 3 is 1.39 bits per heavy atom. The first-order chi connectivity index (χ1) is 56.1. The largest absolute Gasteiger partial charge is 1.00 e. The minimum atomic E-state index is -1.40. The van der Waals surface area contributed by atoms with Gasteiger partial charge in [-0.3, -0.25) is 32.4 Å². The number of benzene rings is 8. The number of nitrogens with two attached hydrogens (primary N) is 1. The summed E-state index contributed by atoms with van der Waals surface area (Å²) >= 11 is 22.9. The van der Waals surface area contributed by atoms with Gasteiger partial charge in [-0.15, -0.1) is 83.8 Å². The van der Waals surface area contributed by atoms with Crippen LogP contribution in [0.2, 0.25) is 0 Å². The third kappa shape index (κ3) is 54.1. The van der Waals surface area contributed by atoms with E-state index in [2.05, 4.69) is 138 Å².